The molecule has 0 spiro atoms. The fourth-order valence-corrected chi connectivity index (χ4v) is 1.71. The van der Waals surface area contributed by atoms with E-state index >= 15 is 0 Å². The highest BCUT2D eigenvalue weighted by Crippen LogP contribution is 2.19. The Morgan fingerprint density at radius 2 is 1.65 bits per heavy atom. The molecule has 0 unspecified atom stereocenters. The van der Waals surface area contributed by atoms with Gasteiger partial charge in [-0.2, -0.15) is 13.2 Å². The highest BCUT2D eigenvalue weighted by atomic mass is 19.4. The van der Waals surface area contributed by atoms with E-state index in [9.17, 15) is 18.0 Å². The molecule has 0 atom stereocenters. The van der Waals surface area contributed by atoms with Crippen molar-refractivity contribution in [3.63, 3.8) is 0 Å². The van der Waals surface area contributed by atoms with E-state index in [2.05, 4.69) is 0 Å². The van der Waals surface area contributed by atoms with Crippen molar-refractivity contribution in [1.29, 1.82) is 0 Å². The van der Waals surface area contributed by atoms with E-state index in [1.165, 1.54) is 0 Å². The summed E-state index contributed by atoms with van der Waals surface area (Å²) in [5.74, 6) is -0.837. The summed E-state index contributed by atoms with van der Waals surface area (Å²) in [5, 5.41) is 0. The maximum atomic E-state index is 11.9. The number of unbranched alkanes of at least 4 members (excludes halogenated alkanes) is 3. The SMILES string of the molecule is Cc1ccc(OCCCCCCC(=O)C(F)(F)F)cc1. The number of aryl methyl sites for hydroxylation is 1. The van der Waals surface area contributed by atoms with Crippen LogP contribution in [-0.4, -0.2) is 18.6 Å². The number of carbonyl (C=O) groups is 1. The highest BCUT2D eigenvalue weighted by Gasteiger charge is 2.36. The quantitative estimate of drug-likeness (QED) is 0.660. The number of Topliss-reactive ketones (excluding diaryl/α,β-unsaturated/α-hetero) is 1. The molecular formula is C15H19F3O2. The van der Waals surface area contributed by atoms with Gasteiger partial charge in [0.05, 0.1) is 6.61 Å². The summed E-state index contributed by atoms with van der Waals surface area (Å²) in [6.45, 7) is 2.53. The van der Waals surface area contributed by atoms with Crippen molar-refractivity contribution in [3.05, 3.63) is 29.8 Å². The van der Waals surface area contributed by atoms with Crippen LogP contribution in [0.15, 0.2) is 24.3 Å². The molecule has 1 aromatic carbocycles. The minimum Gasteiger partial charge on any atom is -0.494 e. The predicted octanol–water partition coefficient (Wildman–Crippen LogP) is 4.46. The van der Waals surface area contributed by atoms with Crippen molar-refractivity contribution in [2.75, 3.05) is 6.61 Å². The zero-order chi connectivity index (χ0) is 15.0. The number of hydrogen-bond donors (Lipinski definition) is 0. The van der Waals surface area contributed by atoms with Gasteiger partial charge < -0.3 is 4.74 Å². The van der Waals surface area contributed by atoms with E-state index in [4.69, 9.17) is 4.74 Å². The molecule has 0 fully saturated rings. The Balaban J connectivity index is 2.03. The minimum atomic E-state index is -4.69. The van der Waals surface area contributed by atoms with Crippen LogP contribution in [0.1, 0.15) is 37.7 Å². The smallest absolute Gasteiger partial charge is 0.449 e. The highest BCUT2D eigenvalue weighted by molar-refractivity contribution is 5.83. The third-order valence-corrected chi connectivity index (χ3v) is 2.90. The first-order valence-corrected chi connectivity index (χ1v) is 6.69. The maximum Gasteiger partial charge on any atom is 0.449 e. The number of ketones is 1. The monoisotopic (exact) mass is 288 g/mol. The van der Waals surface area contributed by atoms with Crippen molar-refractivity contribution in [3.8, 4) is 5.75 Å². The summed E-state index contributed by atoms with van der Waals surface area (Å²) in [6.07, 6.45) is -2.68. The van der Waals surface area contributed by atoms with E-state index in [0.29, 0.717) is 13.0 Å². The van der Waals surface area contributed by atoms with E-state index in [1.807, 2.05) is 31.2 Å². The number of ether oxygens (including phenoxy) is 1. The van der Waals surface area contributed by atoms with E-state index in [0.717, 1.165) is 24.2 Å². The molecule has 0 aliphatic heterocycles. The van der Waals surface area contributed by atoms with Crippen molar-refractivity contribution in [1.82, 2.24) is 0 Å². The van der Waals surface area contributed by atoms with Crippen LogP contribution >= 0.6 is 0 Å². The van der Waals surface area contributed by atoms with Gasteiger partial charge in [-0.15, -0.1) is 0 Å². The standard InChI is InChI=1S/C15H19F3O2/c1-12-7-9-13(10-8-12)20-11-5-3-2-4-6-14(19)15(16,17)18/h7-10H,2-6,11H2,1H3. The van der Waals surface area contributed by atoms with Crippen LogP contribution in [0.4, 0.5) is 13.2 Å². The zero-order valence-corrected chi connectivity index (χ0v) is 11.5. The van der Waals surface area contributed by atoms with Crippen molar-refractivity contribution >= 4 is 5.78 Å². The van der Waals surface area contributed by atoms with E-state index in [1.54, 1.807) is 0 Å². The Labute approximate surface area is 116 Å². The lowest BCUT2D eigenvalue weighted by atomic mass is 10.1. The summed E-state index contributed by atoms with van der Waals surface area (Å²) in [6, 6.07) is 7.69. The molecule has 0 aromatic heterocycles. The van der Waals surface area contributed by atoms with Gasteiger partial charge in [-0.1, -0.05) is 30.5 Å². The number of hydrogen-bond acceptors (Lipinski definition) is 2. The van der Waals surface area contributed by atoms with Gasteiger partial charge in [0, 0.05) is 6.42 Å². The average Bonchev–Trinajstić information content (AvgIpc) is 2.38. The van der Waals surface area contributed by atoms with Gasteiger partial charge in [-0.3, -0.25) is 4.79 Å². The number of benzene rings is 1. The zero-order valence-electron chi connectivity index (χ0n) is 11.5. The van der Waals surface area contributed by atoms with Crippen molar-refractivity contribution < 1.29 is 22.7 Å². The van der Waals surface area contributed by atoms with Crippen LogP contribution in [0.2, 0.25) is 0 Å². The van der Waals surface area contributed by atoms with Gasteiger partial charge >= 0.3 is 6.18 Å². The summed E-state index contributed by atoms with van der Waals surface area (Å²) >= 11 is 0. The van der Waals surface area contributed by atoms with Crippen molar-refractivity contribution in [2.45, 2.75) is 45.2 Å². The van der Waals surface area contributed by atoms with Crippen LogP contribution in [0, 0.1) is 6.92 Å². The van der Waals surface area contributed by atoms with Crippen LogP contribution in [0.25, 0.3) is 0 Å². The number of halogens is 3. The van der Waals surface area contributed by atoms with Gasteiger partial charge in [0.15, 0.2) is 0 Å². The molecule has 0 saturated heterocycles. The van der Waals surface area contributed by atoms with Crippen LogP contribution in [0.5, 0.6) is 5.75 Å². The van der Waals surface area contributed by atoms with Gasteiger partial charge in [0.25, 0.3) is 0 Å². The molecule has 0 aliphatic rings. The predicted molar refractivity (Wildman–Crippen MR) is 70.8 cm³/mol. The molecular weight excluding hydrogens is 269 g/mol. The summed E-state index contributed by atoms with van der Waals surface area (Å²) in [7, 11) is 0. The second-order valence-electron chi connectivity index (χ2n) is 4.75. The van der Waals surface area contributed by atoms with Gasteiger partial charge in [0.1, 0.15) is 5.75 Å². The van der Waals surface area contributed by atoms with E-state index in [-0.39, 0.29) is 6.42 Å². The second kappa shape index (κ2) is 7.92. The van der Waals surface area contributed by atoms with Crippen molar-refractivity contribution in [2.24, 2.45) is 0 Å². The van der Waals surface area contributed by atoms with E-state index < -0.39 is 18.4 Å². The minimum absolute atomic E-state index is 0.281. The average molecular weight is 288 g/mol. The summed E-state index contributed by atoms with van der Waals surface area (Å²) < 4.78 is 41.3. The number of alkyl halides is 3. The lowest BCUT2D eigenvalue weighted by molar-refractivity contribution is -0.171. The maximum absolute atomic E-state index is 11.9. The molecule has 0 heterocycles. The van der Waals surface area contributed by atoms with Gasteiger partial charge in [-0.05, 0) is 31.9 Å². The first-order valence-electron chi connectivity index (χ1n) is 6.69. The molecule has 0 aliphatic carbocycles. The molecule has 5 heteroatoms. The lowest BCUT2D eigenvalue weighted by Crippen LogP contribution is -2.22. The second-order valence-corrected chi connectivity index (χ2v) is 4.75. The Bertz CT molecular complexity index is 410. The molecule has 112 valence electrons. The Hall–Kier alpha value is -1.52. The fourth-order valence-electron chi connectivity index (χ4n) is 1.71. The number of rotatable bonds is 8. The molecule has 2 nitrogen and oxygen atoms in total. The Morgan fingerprint density at radius 3 is 2.25 bits per heavy atom. The van der Waals surface area contributed by atoms with Gasteiger partial charge in [-0.25, -0.2) is 0 Å². The largest absolute Gasteiger partial charge is 0.494 e. The Kier molecular flexibility index (Phi) is 6.55. The van der Waals surface area contributed by atoms with Crippen LogP contribution in [-0.2, 0) is 4.79 Å². The van der Waals surface area contributed by atoms with Crippen LogP contribution < -0.4 is 4.74 Å². The lowest BCUT2D eigenvalue weighted by Gasteiger charge is -2.07. The first kappa shape index (κ1) is 16.5. The molecule has 0 N–H and O–H groups in total. The molecule has 0 bridgehead atoms. The normalized spacial score (nSPS) is 11.4. The third-order valence-electron chi connectivity index (χ3n) is 2.90. The fraction of sp³-hybridized carbons (Fsp3) is 0.533. The number of carbonyl (C=O) groups excluding carboxylic acids is 1. The molecule has 1 rings (SSSR count). The Morgan fingerprint density at radius 1 is 1.05 bits per heavy atom. The molecule has 20 heavy (non-hydrogen) atoms. The molecule has 0 saturated carbocycles. The topological polar surface area (TPSA) is 26.3 Å². The first-order chi connectivity index (χ1) is 9.39. The molecule has 0 amide bonds. The summed E-state index contributed by atoms with van der Waals surface area (Å²) in [4.78, 5) is 10.6. The van der Waals surface area contributed by atoms with Crippen LogP contribution in [0.3, 0.4) is 0 Å². The molecule has 0 radical (unpaired) electrons. The third kappa shape index (κ3) is 6.59. The van der Waals surface area contributed by atoms with Gasteiger partial charge in [0.2, 0.25) is 5.78 Å². The molecule has 1 aromatic rings. The summed E-state index contributed by atoms with van der Waals surface area (Å²) in [5.41, 5.74) is 1.16.